The molecular formula is C20H21ClN2O. The quantitative estimate of drug-likeness (QED) is 0.708. The summed E-state index contributed by atoms with van der Waals surface area (Å²) >= 11 is 6.27. The molecule has 3 rings (SSSR count). The average Bonchev–Trinajstić information content (AvgIpc) is 2.63. The summed E-state index contributed by atoms with van der Waals surface area (Å²) in [4.78, 5) is 6.75. The van der Waals surface area contributed by atoms with Crippen LogP contribution < -0.4 is 0 Å². The maximum absolute atomic E-state index is 9.39. The first-order chi connectivity index (χ1) is 11.8. The third-order valence-electron chi connectivity index (χ3n) is 4.17. The SMILES string of the molecule is OCCN(CCc1ccccc1)Cc1ccc(Cl)c2cccnc12. The van der Waals surface area contributed by atoms with Gasteiger partial charge in [0.25, 0.3) is 0 Å². The molecule has 0 unspecified atom stereocenters. The van der Waals surface area contributed by atoms with Gasteiger partial charge in [-0.2, -0.15) is 0 Å². The summed E-state index contributed by atoms with van der Waals surface area (Å²) in [5.41, 5.74) is 3.38. The Balaban J connectivity index is 1.77. The number of halogens is 1. The second-order valence-electron chi connectivity index (χ2n) is 5.84. The Morgan fingerprint density at radius 3 is 2.58 bits per heavy atom. The molecule has 1 heterocycles. The molecule has 1 aromatic heterocycles. The lowest BCUT2D eigenvalue weighted by atomic mass is 10.1. The molecule has 3 aromatic rings. The van der Waals surface area contributed by atoms with Crippen LogP contribution in [0.2, 0.25) is 5.02 Å². The molecule has 0 radical (unpaired) electrons. The van der Waals surface area contributed by atoms with Crippen LogP contribution in [0.25, 0.3) is 10.9 Å². The van der Waals surface area contributed by atoms with Gasteiger partial charge < -0.3 is 5.11 Å². The molecule has 4 heteroatoms. The van der Waals surface area contributed by atoms with Gasteiger partial charge in [0.2, 0.25) is 0 Å². The number of aromatic nitrogens is 1. The lowest BCUT2D eigenvalue weighted by Crippen LogP contribution is -2.28. The van der Waals surface area contributed by atoms with E-state index in [1.54, 1.807) is 6.20 Å². The predicted octanol–water partition coefficient (Wildman–Crippen LogP) is 3.93. The standard InChI is InChI=1S/C20H21ClN2O/c21-19-9-8-17(20-18(19)7-4-11-22-20)15-23(13-14-24)12-10-16-5-2-1-3-6-16/h1-9,11,24H,10,12-15H2. The van der Waals surface area contributed by atoms with Gasteiger partial charge in [0.1, 0.15) is 0 Å². The van der Waals surface area contributed by atoms with E-state index >= 15 is 0 Å². The number of benzene rings is 2. The highest BCUT2D eigenvalue weighted by Gasteiger charge is 2.11. The maximum Gasteiger partial charge on any atom is 0.0761 e. The van der Waals surface area contributed by atoms with Crippen LogP contribution in [-0.2, 0) is 13.0 Å². The van der Waals surface area contributed by atoms with Gasteiger partial charge in [0.05, 0.1) is 12.1 Å². The Hall–Kier alpha value is -1.94. The van der Waals surface area contributed by atoms with Gasteiger partial charge in [-0.05, 0) is 35.7 Å². The molecular weight excluding hydrogens is 320 g/mol. The van der Waals surface area contributed by atoms with Crippen molar-refractivity contribution in [2.45, 2.75) is 13.0 Å². The molecule has 124 valence electrons. The number of hydrogen-bond acceptors (Lipinski definition) is 3. The highest BCUT2D eigenvalue weighted by molar-refractivity contribution is 6.35. The Morgan fingerprint density at radius 1 is 0.958 bits per heavy atom. The molecule has 0 atom stereocenters. The normalized spacial score (nSPS) is 11.3. The van der Waals surface area contributed by atoms with Crippen molar-refractivity contribution in [3.8, 4) is 0 Å². The molecule has 0 saturated heterocycles. The van der Waals surface area contributed by atoms with Gasteiger partial charge in [-0.15, -0.1) is 0 Å². The number of fused-ring (bicyclic) bond motifs is 1. The van der Waals surface area contributed by atoms with Crippen molar-refractivity contribution >= 4 is 22.5 Å². The van der Waals surface area contributed by atoms with Gasteiger partial charge in [-0.3, -0.25) is 9.88 Å². The zero-order valence-electron chi connectivity index (χ0n) is 13.5. The number of rotatable bonds is 7. The summed E-state index contributed by atoms with van der Waals surface area (Å²) < 4.78 is 0. The van der Waals surface area contributed by atoms with E-state index in [0.717, 1.165) is 41.0 Å². The van der Waals surface area contributed by atoms with Crippen molar-refractivity contribution in [3.05, 3.63) is 76.9 Å². The summed E-state index contributed by atoms with van der Waals surface area (Å²) in [6, 6.07) is 18.3. The van der Waals surface area contributed by atoms with Gasteiger partial charge >= 0.3 is 0 Å². The van der Waals surface area contributed by atoms with Crippen LogP contribution in [0.15, 0.2) is 60.8 Å². The summed E-state index contributed by atoms with van der Waals surface area (Å²) in [6.07, 6.45) is 2.75. The zero-order valence-corrected chi connectivity index (χ0v) is 14.3. The fraction of sp³-hybridized carbons (Fsp3) is 0.250. The molecule has 0 aliphatic carbocycles. The third-order valence-corrected chi connectivity index (χ3v) is 4.50. The van der Waals surface area contributed by atoms with Crippen molar-refractivity contribution < 1.29 is 5.11 Å². The van der Waals surface area contributed by atoms with Crippen molar-refractivity contribution in [1.29, 1.82) is 0 Å². The van der Waals surface area contributed by atoms with Crippen molar-refractivity contribution in [1.82, 2.24) is 9.88 Å². The van der Waals surface area contributed by atoms with E-state index in [9.17, 15) is 5.11 Å². The highest BCUT2D eigenvalue weighted by atomic mass is 35.5. The fourth-order valence-electron chi connectivity index (χ4n) is 2.91. The largest absolute Gasteiger partial charge is 0.395 e. The molecule has 0 aliphatic rings. The smallest absolute Gasteiger partial charge is 0.0761 e. The molecule has 1 N–H and O–H groups in total. The summed E-state index contributed by atoms with van der Waals surface area (Å²) in [7, 11) is 0. The lowest BCUT2D eigenvalue weighted by molar-refractivity contribution is 0.192. The summed E-state index contributed by atoms with van der Waals surface area (Å²) in [5.74, 6) is 0. The second kappa shape index (κ2) is 8.25. The van der Waals surface area contributed by atoms with E-state index in [1.807, 2.05) is 30.3 Å². The fourth-order valence-corrected chi connectivity index (χ4v) is 3.12. The first kappa shape index (κ1) is 16.9. The first-order valence-electron chi connectivity index (χ1n) is 8.17. The Kier molecular flexibility index (Phi) is 5.81. The van der Waals surface area contributed by atoms with Crippen LogP contribution in [0.1, 0.15) is 11.1 Å². The molecule has 3 nitrogen and oxygen atoms in total. The van der Waals surface area contributed by atoms with Crippen LogP contribution in [0.3, 0.4) is 0 Å². The van der Waals surface area contributed by atoms with Gasteiger partial charge in [0.15, 0.2) is 0 Å². The minimum absolute atomic E-state index is 0.147. The third kappa shape index (κ3) is 4.12. The molecule has 0 aliphatic heterocycles. The topological polar surface area (TPSA) is 36.4 Å². The minimum Gasteiger partial charge on any atom is -0.395 e. The number of aliphatic hydroxyl groups excluding tert-OH is 1. The second-order valence-corrected chi connectivity index (χ2v) is 6.25. The van der Waals surface area contributed by atoms with Crippen LogP contribution in [0.5, 0.6) is 0 Å². The van der Waals surface area contributed by atoms with Gasteiger partial charge in [-0.25, -0.2) is 0 Å². The van der Waals surface area contributed by atoms with E-state index in [1.165, 1.54) is 5.56 Å². The van der Waals surface area contributed by atoms with Crippen molar-refractivity contribution in [2.24, 2.45) is 0 Å². The maximum atomic E-state index is 9.39. The summed E-state index contributed by atoms with van der Waals surface area (Å²) in [6.45, 7) is 2.43. The Labute approximate surface area is 147 Å². The van der Waals surface area contributed by atoms with Gasteiger partial charge in [0, 0.05) is 36.2 Å². The van der Waals surface area contributed by atoms with E-state index in [-0.39, 0.29) is 6.61 Å². The molecule has 0 bridgehead atoms. The van der Waals surface area contributed by atoms with E-state index < -0.39 is 0 Å². The first-order valence-corrected chi connectivity index (χ1v) is 8.55. The van der Waals surface area contributed by atoms with E-state index in [4.69, 9.17) is 11.6 Å². The number of pyridine rings is 1. The Bertz CT molecular complexity index is 792. The lowest BCUT2D eigenvalue weighted by Gasteiger charge is -2.22. The summed E-state index contributed by atoms with van der Waals surface area (Å²) in [5, 5.41) is 11.1. The molecule has 2 aromatic carbocycles. The molecule has 0 amide bonds. The van der Waals surface area contributed by atoms with Crippen LogP contribution in [0.4, 0.5) is 0 Å². The number of aliphatic hydroxyl groups is 1. The number of nitrogens with zero attached hydrogens (tertiary/aromatic N) is 2. The van der Waals surface area contributed by atoms with E-state index in [0.29, 0.717) is 6.54 Å². The molecule has 0 spiro atoms. The zero-order chi connectivity index (χ0) is 16.8. The van der Waals surface area contributed by atoms with Crippen molar-refractivity contribution in [3.63, 3.8) is 0 Å². The van der Waals surface area contributed by atoms with Crippen LogP contribution in [0, 0.1) is 0 Å². The monoisotopic (exact) mass is 340 g/mol. The average molecular weight is 341 g/mol. The molecule has 0 saturated carbocycles. The predicted molar refractivity (Wildman–Crippen MR) is 99.3 cm³/mol. The number of hydrogen-bond donors (Lipinski definition) is 1. The van der Waals surface area contributed by atoms with Crippen LogP contribution >= 0.6 is 11.6 Å². The molecule has 0 fully saturated rings. The van der Waals surface area contributed by atoms with Crippen LogP contribution in [-0.4, -0.2) is 34.7 Å². The minimum atomic E-state index is 0.147. The van der Waals surface area contributed by atoms with E-state index in [2.05, 4.69) is 34.1 Å². The highest BCUT2D eigenvalue weighted by Crippen LogP contribution is 2.25. The molecule has 24 heavy (non-hydrogen) atoms. The Morgan fingerprint density at radius 2 is 1.79 bits per heavy atom. The van der Waals surface area contributed by atoms with Gasteiger partial charge in [-0.1, -0.05) is 48.0 Å². The van der Waals surface area contributed by atoms with Crippen molar-refractivity contribution in [2.75, 3.05) is 19.7 Å².